The highest BCUT2D eigenvalue weighted by Crippen LogP contribution is 2.17. The molecule has 22 heavy (non-hydrogen) atoms. The zero-order valence-corrected chi connectivity index (χ0v) is 15.7. The number of rotatable bonds is 5. The van der Waals surface area contributed by atoms with Crippen LogP contribution in [0.1, 0.15) is 25.0 Å². The predicted molar refractivity (Wildman–Crippen MR) is 96.7 cm³/mol. The molecule has 1 aromatic carbocycles. The van der Waals surface area contributed by atoms with Gasteiger partial charge in [0, 0.05) is 3.57 Å². The number of nitrogens with zero attached hydrogens (tertiary/aromatic N) is 2. The summed E-state index contributed by atoms with van der Waals surface area (Å²) < 4.78 is 8.26. The normalized spacial score (nSPS) is 11.5. The van der Waals surface area contributed by atoms with Gasteiger partial charge in [-0.2, -0.15) is 5.10 Å². The highest BCUT2D eigenvalue weighted by Gasteiger charge is 2.17. The smallest absolute Gasteiger partial charge is 0.273 e. The van der Waals surface area contributed by atoms with Gasteiger partial charge in [-0.3, -0.25) is 4.79 Å². The third kappa shape index (κ3) is 4.71. The molecule has 0 atom stereocenters. The van der Waals surface area contributed by atoms with Gasteiger partial charge in [0.2, 0.25) is 0 Å². The first-order valence-corrected chi connectivity index (χ1v) is 8.35. The van der Waals surface area contributed by atoms with E-state index in [0.717, 1.165) is 5.56 Å². The van der Waals surface area contributed by atoms with Crippen LogP contribution in [0.2, 0.25) is 0 Å². The molecule has 0 bridgehead atoms. The molecule has 2 rings (SSSR count). The minimum absolute atomic E-state index is 0.172. The third-order valence-electron chi connectivity index (χ3n) is 3.07. The Hall–Kier alpha value is -1.08. The summed E-state index contributed by atoms with van der Waals surface area (Å²) in [6.45, 7) is 6.19. The van der Waals surface area contributed by atoms with Crippen molar-refractivity contribution in [3.63, 3.8) is 0 Å². The van der Waals surface area contributed by atoms with Gasteiger partial charge in [-0.05, 0) is 61.1 Å². The van der Waals surface area contributed by atoms with Gasteiger partial charge >= 0.3 is 0 Å². The van der Waals surface area contributed by atoms with E-state index < -0.39 is 4.87 Å². The quantitative estimate of drug-likeness (QED) is 0.534. The number of benzene rings is 1. The van der Waals surface area contributed by atoms with Crippen LogP contribution in [0.5, 0.6) is 5.75 Å². The molecule has 0 saturated heterocycles. The van der Waals surface area contributed by atoms with Crippen molar-refractivity contribution in [2.24, 2.45) is 0 Å². The van der Waals surface area contributed by atoms with E-state index in [9.17, 15) is 4.79 Å². The maximum atomic E-state index is 12.3. The molecule has 2 aromatic rings. The van der Waals surface area contributed by atoms with E-state index in [1.165, 1.54) is 8.25 Å². The Morgan fingerprint density at radius 1 is 1.32 bits per heavy atom. The van der Waals surface area contributed by atoms with Crippen LogP contribution in [0.25, 0.3) is 0 Å². The van der Waals surface area contributed by atoms with Crippen molar-refractivity contribution in [2.75, 3.05) is 0 Å². The molecule has 0 unspecified atom stereocenters. The van der Waals surface area contributed by atoms with Crippen LogP contribution < -0.4 is 10.3 Å². The molecule has 6 heteroatoms. The fraction of sp³-hybridized carbons (Fsp3) is 0.375. The van der Waals surface area contributed by atoms with E-state index in [2.05, 4.69) is 27.7 Å². The molecule has 0 N–H and O–H groups in total. The van der Waals surface area contributed by atoms with Crippen molar-refractivity contribution in [3.8, 4) is 5.75 Å². The third-order valence-corrected chi connectivity index (χ3v) is 3.91. The highest BCUT2D eigenvalue weighted by molar-refractivity contribution is 14.1. The maximum Gasteiger partial charge on any atom is 0.273 e. The number of aromatic nitrogens is 2. The molecule has 118 valence electrons. The molecule has 1 heterocycles. The first-order chi connectivity index (χ1) is 10.3. The van der Waals surface area contributed by atoms with Gasteiger partial charge in [0.25, 0.3) is 5.56 Å². The topological polar surface area (TPSA) is 44.1 Å². The predicted octanol–water partition coefficient (Wildman–Crippen LogP) is 3.75. The molecule has 4 nitrogen and oxygen atoms in total. The molecule has 0 amide bonds. The molecular formula is C16H18ClIN2O2. The monoisotopic (exact) mass is 432 g/mol. The van der Waals surface area contributed by atoms with E-state index in [1.807, 2.05) is 38.1 Å². The fourth-order valence-corrected chi connectivity index (χ4v) is 2.40. The van der Waals surface area contributed by atoms with Crippen molar-refractivity contribution in [1.29, 1.82) is 0 Å². The average molecular weight is 433 g/mol. The van der Waals surface area contributed by atoms with Gasteiger partial charge in [0.05, 0.1) is 23.2 Å². The van der Waals surface area contributed by atoms with Crippen LogP contribution >= 0.6 is 34.2 Å². The Bertz CT molecular complexity index is 706. The van der Waals surface area contributed by atoms with Crippen molar-refractivity contribution >= 4 is 34.2 Å². The molecular weight excluding hydrogens is 415 g/mol. The van der Waals surface area contributed by atoms with Crippen LogP contribution in [0.4, 0.5) is 0 Å². The standard InChI is InChI=1S/C16H18ClIN2O2/c1-11-14(22-9-12-4-6-13(18)7-5-12)8-19-20(15(11)21)10-16(2,3)17/h4-8H,9-10H2,1-3H3. The van der Waals surface area contributed by atoms with Crippen LogP contribution in [0.15, 0.2) is 35.3 Å². The van der Waals surface area contributed by atoms with E-state index in [-0.39, 0.29) is 5.56 Å². The summed E-state index contributed by atoms with van der Waals surface area (Å²) in [5.74, 6) is 0.507. The second-order valence-electron chi connectivity index (χ2n) is 5.73. The van der Waals surface area contributed by atoms with Gasteiger partial charge in [0.15, 0.2) is 0 Å². The SMILES string of the molecule is Cc1c(OCc2ccc(I)cc2)cnn(CC(C)(C)Cl)c1=O. The second-order valence-corrected chi connectivity index (χ2v) is 8.00. The molecule has 0 radical (unpaired) electrons. The lowest BCUT2D eigenvalue weighted by molar-refractivity contribution is 0.298. The number of hydrogen-bond acceptors (Lipinski definition) is 3. The van der Waals surface area contributed by atoms with Crippen LogP contribution in [-0.2, 0) is 13.2 Å². The van der Waals surface area contributed by atoms with Gasteiger partial charge in [0.1, 0.15) is 12.4 Å². The van der Waals surface area contributed by atoms with Gasteiger partial charge in [-0.1, -0.05) is 12.1 Å². The van der Waals surface area contributed by atoms with Crippen molar-refractivity contribution in [2.45, 2.75) is 38.8 Å². The molecule has 0 saturated carbocycles. The molecule has 1 aromatic heterocycles. The number of halogens is 2. The van der Waals surface area contributed by atoms with E-state index in [1.54, 1.807) is 13.1 Å². The van der Waals surface area contributed by atoms with E-state index in [0.29, 0.717) is 24.5 Å². The summed E-state index contributed by atoms with van der Waals surface area (Å²) in [5.41, 5.74) is 1.42. The van der Waals surface area contributed by atoms with Gasteiger partial charge in [-0.15, -0.1) is 11.6 Å². The zero-order chi connectivity index (χ0) is 16.3. The van der Waals surface area contributed by atoms with Crippen LogP contribution in [0.3, 0.4) is 0 Å². The van der Waals surface area contributed by atoms with E-state index >= 15 is 0 Å². The first kappa shape index (κ1) is 17.3. The average Bonchev–Trinajstić information content (AvgIpc) is 2.44. The van der Waals surface area contributed by atoms with Crippen LogP contribution in [0, 0.1) is 10.5 Å². The second kappa shape index (κ2) is 7.00. The maximum absolute atomic E-state index is 12.3. The van der Waals surface area contributed by atoms with E-state index in [4.69, 9.17) is 16.3 Å². The molecule has 0 aliphatic carbocycles. The molecule has 0 spiro atoms. The number of hydrogen-bond donors (Lipinski definition) is 0. The van der Waals surface area contributed by atoms with Gasteiger partial charge < -0.3 is 4.74 Å². The van der Waals surface area contributed by atoms with Crippen LogP contribution in [-0.4, -0.2) is 14.7 Å². The Morgan fingerprint density at radius 3 is 2.55 bits per heavy atom. The summed E-state index contributed by atoms with van der Waals surface area (Å²) in [7, 11) is 0. The lowest BCUT2D eigenvalue weighted by Gasteiger charge is -2.17. The zero-order valence-electron chi connectivity index (χ0n) is 12.8. The number of ether oxygens (including phenoxy) is 1. The Kier molecular flexibility index (Phi) is 5.50. The van der Waals surface area contributed by atoms with Crippen molar-refractivity contribution in [1.82, 2.24) is 9.78 Å². The molecule has 0 aliphatic rings. The summed E-state index contributed by atoms with van der Waals surface area (Å²) in [5, 5.41) is 4.14. The fourth-order valence-electron chi connectivity index (χ4n) is 1.93. The summed E-state index contributed by atoms with van der Waals surface area (Å²) in [6, 6.07) is 8.04. The minimum atomic E-state index is -0.521. The molecule has 0 fully saturated rings. The van der Waals surface area contributed by atoms with Gasteiger partial charge in [-0.25, -0.2) is 4.68 Å². The summed E-state index contributed by atoms with van der Waals surface area (Å²) in [4.78, 5) is 11.8. The van der Waals surface area contributed by atoms with Crippen molar-refractivity contribution in [3.05, 3.63) is 55.5 Å². The number of alkyl halides is 1. The lowest BCUT2D eigenvalue weighted by Crippen LogP contribution is -2.32. The Labute approximate surface area is 148 Å². The summed E-state index contributed by atoms with van der Waals surface area (Å²) >= 11 is 8.41. The first-order valence-electron chi connectivity index (χ1n) is 6.89. The van der Waals surface area contributed by atoms with Crippen molar-refractivity contribution < 1.29 is 4.74 Å². The minimum Gasteiger partial charge on any atom is -0.487 e. The lowest BCUT2D eigenvalue weighted by atomic mass is 10.2. The highest BCUT2D eigenvalue weighted by atomic mass is 127. The molecule has 0 aliphatic heterocycles. The largest absolute Gasteiger partial charge is 0.487 e. The Balaban J connectivity index is 2.14. The Morgan fingerprint density at radius 2 is 1.95 bits per heavy atom. The summed E-state index contributed by atoms with van der Waals surface area (Å²) in [6.07, 6.45) is 1.58.